The molecule has 0 amide bonds. The van der Waals surface area contributed by atoms with Gasteiger partial charge in [0, 0.05) is 19.8 Å². The minimum atomic E-state index is -0.724. The van der Waals surface area contributed by atoms with Gasteiger partial charge in [-0.2, -0.15) is 0 Å². The van der Waals surface area contributed by atoms with Gasteiger partial charge in [-0.25, -0.2) is 0 Å². The van der Waals surface area contributed by atoms with Crippen LogP contribution in [0.15, 0.2) is 24.3 Å². The molecule has 1 aliphatic rings. The number of benzene rings is 1. The summed E-state index contributed by atoms with van der Waals surface area (Å²) in [6, 6.07) is 7.92. The predicted molar refractivity (Wildman–Crippen MR) is 76.8 cm³/mol. The molecule has 0 radical (unpaired) electrons. The van der Waals surface area contributed by atoms with Gasteiger partial charge in [-0.1, -0.05) is 12.1 Å². The van der Waals surface area contributed by atoms with Crippen molar-refractivity contribution in [3.8, 4) is 0 Å². The fourth-order valence-corrected chi connectivity index (χ4v) is 2.71. The van der Waals surface area contributed by atoms with Gasteiger partial charge < -0.3 is 14.9 Å². The number of nitrogens with zero attached hydrogens (tertiary/aromatic N) is 2. The van der Waals surface area contributed by atoms with Crippen LogP contribution in [-0.4, -0.2) is 50.2 Å². The molecule has 4 nitrogen and oxygen atoms in total. The summed E-state index contributed by atoms with van der Waals surface area (Å²) in [7, 11) is 5.99. The average molecular weight is 262 g/mol. The van der Waals surface area contributed by atoms with E-state index in [1.54, 1.807) is 0 Å². The molecule has 1 fully saturated rings. The van der Waals surface area contributed by atoms with Gasteiger partial charge in [0.1, 0.15) is 0 Å². The van der Waals surface area contributed by atoms with Crippen molar-refractivity contribution in [3.63, 3.8) is 0 Å². The second kappa shape index (κ2) is 5.21. The molecule has 0 saturated carbocycles. The number of rotatable bonds is 3. The molecule has 1 saturated heterocycles. The molecule has 0 atom stereocenters. The summed E-state index contributed by atoms with van der Waals surface area (Å²) in [4.78, 5) is 16.0. The number of piperidine rings is 1. The van der Waals surface area contributed by atoms with Crippen LogP contribution in [0, 0.1) is 0 Å². The molecule has 0 bridgehead atoms. The topological polar surface area (TPSA) is 43.8 Å². The highest BCUT2D eigenvalue weighted by Crippen LogP contribution is 2.36. The van der Waals surface area contributed by atoms with E-state index in [0.717, 1.165) is 24.3 Å². The number of carboxylic acids is 1. The van der Waals surface area contributed by atoms with Gasteiger partial charge in [-0.05, 0) is 50.7 Å². The van der Waals surface area contributed by atoms with Crippen molar-refractivity contribution >= 4 is 11.7 Å². The van der Waals surface area contributed by atoms with Gasteiger partial charge in [0.15, 0.2) is 0 Å². The Labute approximate surface area is 114 Å². The average Bonchev–Trinajstić information content (AvgIpc) is 2.39. The van der Waals surface area contributed by atoms with Gasteiger partial charge >= 0.3 is 5.97 Å². The van der Waals surface area contributed by atoms with Gasteiger partial charge in [0.25, 0.3) is 0 Å². The maximum Gasteiger partial charge on any atom is 0.314 e. The van der Waals surface area contributed by atoms with Crippen molar-refractivity contribution in [2.24, 2.45) is 0 Å². The number of anilines is 1. The summed E-state index contributed by atoms with van der Waals surface area (Å²) in [5.41, 5.74) is 1.26. The first-order chi connectivity index (χ1) is 8.95. The largest absolute Gasteiger partial charge is 0.481 e. The Balaban J connectivity index is 2.39. The molecule has 0 unspecified atom stereocenters. The van der Waals surface area contributed by atoms with Crippen molar-refractivity contribution in [1.82, 2.24) is 4.90 Å². The zero-order valence-corrected chi connectivity index (χ0v) is 11.9. The molecule has 19 heavy (non-hydrogen) atoms. The molecule has 4 heteroatoms. The van der Waals surface area contributed by atoms with Crippen LogP contribution < -0.4 is 4.90 Å². The number of carboxylic acid groups (broad SMARTS) is 1. The lowest BCUT2D eigenvalue weighted by Gasteiger charge is -2.38. The molecule has 2 rings (SSSR count). The van der Waals surface area contributed by atoms with Gasteiger partial charge in [0.2, 0.25) is 0 Å². The first-order valence-electron chi connectivity index (χ1n) is 6.65. The second-order valence-corrected chi connectivity index (χ2v) is 5.64. The van der Waals surface area contributed by atoms with E-state index < -0.39 is 11.4 Å². The zero-order valence-electron chi connectivity index (χ0n) is 11.9. The summed E-state index contributed by atoms with van der Waals surface area (Å²) < 4.78 is 0. The highest BCUT2D eigenvalue weighted by molar-refractivity contribution is 5.82. The minimum Gasteiger partial charge on any atom is -0.481 e. The number of hydrogen-bond acceptors (Lipinski definition) is 3. The quantitative estimate of drug-likeness (QED) is 0.902. The van der Waals surface area contributed by atoms with E-state index >= 15 is 0 Å². The molecular formula is C15H22N2O2. The van der Waals surface area contributed by atoms with E-state index in [0.29, 0.717) is 12.8 Å². The normalized spacial score (nSPS) is 19.1. The molecule has 0 aliphatic carbocycles. The Hall–Kier alpha value is -1.55. The van der Waals surface area contributed by atoms with Crippen LogP contribution in [-0.2, 0) is 10.2 Å². The third kappa shape index (κ3) is 2.59. The van der Waals surface area contributed by atoms with Crippen LogP contribution >= 0.6 is 0 Å². The van der Waals surface area contributed by atoms with Gasteiger partial charge in [-0.3, -0.25) is 4.79 Å². The monoisotopic (exact) mass is 262 g/mol. The van der Waals surface area contributed by atoms with Gasteiger partial charge in [0.05, 0.1) is 5.41 Å². The first kappa shape index (κ1) is 13.9. The van der Waals surface area contributed by atoms with E-state index in [1.165, 1.54) is 0 Å². The van der Waals surface area contributed by atoms with Crippen LogP contribution in [0.5, 0.6) is 0 Å². The Morgan fingerprint density at radius 1 is 1.32 bits per heavy atom. The maximum absolute atomic E-state index is 11.8. The van der Waals surface area contributed by atoms with Crippen molar-refractivity contribution in [2.75, 3.05) is 39.1 Å². The second-order valence-electron chi connectivity index (χ2n) is 5.64. The number of carbonyl (C=O) groups is 1. The fourth-order valence-electron chi connectivity index (χ4n) is 2.71. The van der Waals surface area contributed by atoms with Crippen molar-refractivity contribution in [2.45, 2.75) is 18.3 Å². The van der Waals surface area contributed by atoms with E-state index in [1.807, 2.05) is 50.3 Å². The molecule has 104 valence electrons. The molecule has 1 aromatic carbocycles. The SMILES string of the molecule is CN1CCC(C(=O)O)(c2cccc(N(C)C)c2)CC1. The summed E-state index contributed by atoms with van der Waals surface area (Å²) in [6.07, 6.45) is 1.35. The molecular weight excluding hydrogens is 240 g/mol. The lowest BCUT2D eigenvalue weighted by Crippen LogP contribution is -2.46. The van der Waals surface area contributed by atoms with Crippen LogP contribution in [0.25, 0.3) is 0 Å². The smallest absolute Gasteiger partial charge is 0.314 e. The molecule has 1 N–H and O–H groups in total. The number of likely N-dealkylation sites (tertiary alicyclic amines) is 1. The van der Waals surface area contributed by atoms with Gasteiger partial charge in [-0.15, -0.1) is 0 Å². The lowest BCUT2D eigenvalue weighted by atomic mass is 9.73. The Bertz CT molecular complexity index is 463. The summed E-state index contributed by atoms with van der Waals surface area (Å²) in [6.45, 7) is 1.66. The zero-order chi connectivity index (χ0) is 14.0. The highest BCUT2D eigenvalue weighted by atomic mass is 16.4. The standard InChI is InChI=1S/C15H22N2O2/c1-16(2)13-6-4-5-12(11-13)15(14(18)19)7-9-17(3)10-8-15/h4-6,11H,7-10H2,1-3H3,(H,18,19). The molecule has 1 aromatic rings. The molecule has 1 aliphatic heterocycles. The summed E-state index contributed by atoms with van der Waals surface area (Å²) in [5.74, 6) is -0.698. The third-order valence-corrected chi connectivity index (χ3v) is 4.17. The fraction of sp³-hybridized carbons (Fsp3) is 0.533. The predicted octanol–water partition coefficient (Wildman–Crippen LogP) is 1.80. The van der Waals surface area contributed by atoms with E-state index in [-0.39, 0.29) is 0 Å². The Morgan fingerprint density at radius 3 is 2.47 bits per heavy atom. The van der Waals surface area contributed by atoms with E-state index in [2.05, 4.69) is 4.90 Å². The van der Waals surface area contributed by atoms with Crippen LogP contribution in [0.4, 0.5) is 5.69 Å². The van der Waals surface area contributed by atoms with Crippen LogP contribution in [0.3, 0.4) is 0 Å². The summed E-state index contributed by atoms with van der Waals surface area (Å²) >= 11 is 0. The third-order valence-electron chi connectivity index (χ3n) is 4.17. The van der Waals surface area contributed by atoms with Crippen LogP contribution in [0.2, 0.25) is 0 Å². The first-order valence-corrected chi connectivity index (χ1v) is 6.65. The highest BCUT2D eigenvalue weighted by Gasteiger charge is 2.42. The van der Waals surface area contributed by atoms with Crippen LogP contribution in [0.1, 0.15) is 18.4 Å². The van der Waals surface area contributed by atoms with E-state index in [4.69, 9.17) is 0 Å². The molecule has 0 spiro atoms. The molecule has 1 heterocycles. The number of aliphatic carboxylic acids is 1. The maximum atomic E-state index is 11.8. The van der Waals surface area contributed by atoms with Crippen molar-refractivity contribution in [1.29, 1.82) is 0 Å². The molecule has 0 aromatic heterocycles. The van der Waals surface area contributed by atoms with E-state index in [9.17, 15) is 9.90 Å². The lowest BCUT2D eigenvalue weighted by molar-refractivity contribution is -0.145. The number of hydrogen-bond donors (Lipinski definition) is 1. The Kier molecular flexibility index (Phi) is 3.80. The van der Waals surface area contributed by atoms with Crippen molar-refractivity contribution in [3.05, 3.63) is 29.8 Å². The minimum absolute atomic E-state index is 0.676. The Morgan fingerprint density at radius 2 is 1.95 bits per heavy atom. The van der Waals surface area contributed by atoms with Crippen molar-refractivity contribution < 1.29 is 9.90 Å². The summed E-state index contributed by atoms with van der Waals surface area (Å²) in [5, 5.41) is 9.73.